The number of benzene rings is 1. The fourth-order valence-corrected chi connectivity index (χ4v) is 4.18. The molecule has 1 N–H and O–H groups in total. The van der Waals surface area contributed by atoms with Crippen molar-refractivity contribution in [3.05, 3.63) is 24.3 Å². The van der Waals surface area contributed by atoms with Crippen molar-refractivity contribution in [3.8, 4) is 0 Å². The van der Waals surface area contributed by atoms with Crippen LogP contribution >= 0.6 is 0 Å². The molecule has 22 heavy (non-hydrogen) atoms. The van der Waals surface area contributed by atoms with E-state index >= 15 is 0 Å². The first-order chi connectivity index (χ1) is 10.5. The number of nitrogens with one attached hydrogen (secondary N) is 1. The fraction of sp³-hybridized carbons (Fsp3) is 0.562. The molecule has 1 aromatic rings. The van der Waals surface area contributed by atoms with E-state index in [0.29, 0.717) is 25.2 Å². The molecule has 6 heteroatoms. The molecule has 0 saturated carbocycles. The summed E-state index contributed by atoms with van der Waals surface area (Å²) in [5.74, 6) is -0.0909. The molecular formula is C16H24N2O3S. The molecule has 5 nitrogen and oxygen atoms in total. The number of nitrogens with zero attached hydrogens (tertiary/aromatic N) is 1. The Morgan fingerprint density at radius 3 is 2.50 bits per heavy atom. The van der Waals surface area contributed by atoms with Gasteiger partial charge in [-0.15, -0.1) is 0 Å². The number of sulfonamides is 1. The minimum atomic E-state index is -3.47. The molecule has 1 saturated heterocycles. The molecule has 0 spiro atoms. The van der Waals surface area contributed by atoms with Gasteiger partial charge in [-0.25, -0.2) is 8.42 Å². The van der Waals surface area contributed by atoms with Crippen molar-refractivity contribution in [1.29, 1.82) is 0 Å². The monoisotopic (exact) mass is 324 g/mol. The highest BCUT2D eigenvalue weighted by Gasteiger charge is 2.25. The normalized spacial score (nSPS) is 17.0. The first kappa shape index (κ1) is 17.0. The molecule has 2 rings (SSSR count). The van der Waals surface area contributed by atoms with Crippen LogP contribution in [-0.4, -0.2) is 31.7 Å². The van der Waals surface area contributed by atoms with Crippen LogP contribution in [0.15, 0.2) is 29.2 Å². The van der Waals surface area contributed by atoms with E-state index in [1.165, 1.54) is 0 Å². The topological polar surface area (TPSA) is 66.5 Å². The number of carbonyl (C=O) groups excluding carboxylic acids is 1. The molecule has 1 aromatic carbocycles. The Labute approximate surface area is 132 Å². The van der Waals surface area contributed by atoms with Crippen LogP contribution in [0.25, 0.3) is 0 Å². The van der Waals surface area contributed by atoms with Crippen LogP contribution < -0.4 is 5.32 Å². The van der Waals surface area contributed by atoms with Gasteiger partial charge in [0.2, 0.25) is 15.9 Å². The average Bonchev–Trinajstić information content (AvgIpc) is 2.77. The molecule has 0 unspecified atom stereocenters. The van der Waals surface area contributed by atoms with E-state index < -0.39 is 10.0 Å². The molecule has 122 valence electrons. The van der Waals surface area contributed by atoms with Crippen LogP contribution in [0.4, 0.5) is 5.69 Å². The van der Waals surface area contributed by atoms with Crippen LogP contribution in [0.1, 0.15) is 45.4 Å². The van der Waals surface area contributed by atoms with E-state index in [-0.39, 0.29) is 10.8 Å². The number of amides is 1. The molecule has 1 aliphatic rings. The first-order valence-corrected chi connectivity index (χ1v) is 9.38. The van der Waals surface area contributed by atoms with E-state index in [2.05, 4.69) is 5.32 Å². The standard InChI is InChI=1S/C16H24N2O3S/c1-2-8-16(19)17-14-9-7-10-15(13-14)22(20,21)18-11-5-3-4-6-12-18/h7,9-10,13H,2-6,8,11-12H2,1H3,(H,17,19). The Hall–Kier alpha value is -1.40. The Kier molecular flexibility index (Phi) is 5.97. The summed E-state index contributed by atoms with van der Waals surface area (Å²) < 4.78 is 27.0. The molecule has 0 aliphatic carbocycles. The number of rotatable bonds is 5. The molecule has 1 aliphatic heterocycles. The fourth-order valence-electron chi connectivity index (χ4n) is 2.62. The summed E-state index contributed by atoms with van der Waals surface area (Å²) in [5, 5.41) is 2.75. The quantitative estimate of drug-likeness (QED) is 0.905. The maximum atomic E-state index is 12.7. The smallest absolute Gasteiger partial charge is 0.243 e. The minimum Gasteiger partial charge on any atom is -0.326 e. The van der Waals surface area contributed by atoms with Gasteiger partial charge in [0.25, 0.3) is 0 Å². The van der Waals surface area contributed by atoms with Crippen molar-refractivity contribution in [2.24, 2.45) is 0 Å². The van der Waals surface area contributed by atoms with Gasteiger partial charge >= 0.3 is 0 Å². The van der Waals surface area contributed by atoms with Gasteiger partial charge in [-0.05, 0) is 37.5 Å². The highest BCUT2D eigenvalue weighted by molar-refractivity contribution is 7.89. The van der Waals surface area contributed by atoms with E-state index in [1.54, 1.807) is 28.6 Å². The molecule has 0 bridgehead atoms. The summed E-state index contributed by atoms with van der Waals surface area (Å²) in [6.07, 6.45) is 5.18. The van der Waals surface area contributed by atoms with Crippen molar-refractivity contribution < 1.29 is 13.2 Å². The van der Waals surface area contributed by atoms with Crippen molar-refractivity contribution in [2.75, 3.05) is 18.4 Å². The second-order valence-corrected chi connectivity index (χ2v) is 7.58. The molecule has 1 heterocycles. The zero-order chi connectivity index (χ0) is 16.0. The van der Waals surface area contributed by atoms with Crippen LogP contribution in [0, 0.1) is 0 Å². The maximum Gasteiger partial charge on any atom is 0.243 e. The third-order valence-electron chi connectivity index (χ3n) is 3.80. The lowest BCUT2D eigenvalue weighted by atomic mass is 10.2. The Bertz CT molecular complexity index is 606. The molecule has 1 amide bonds. The second kappa shape index (κ2) is 7.74. The highest BCUT2D eigenvalue weighted by Crippen LogP contribution is 2.22. The van der Waals surface area contributed by atoms with Gasteiger partial charge in [-0.3, -0.25) is 4.79 Å². The molecule has 0 aromatic heterocycles. The van der Waals surface area contributed by atoms with Crippen LogP contribution in [0.5, 0.6) is 0 Å². The van der Waals surface area contributed by atoms with Crippen molar-refractivity contribution in [2.45, 2.75) is 50.3 Å². The van der Waals surface area contributed by atoms with E-state index in [9.17, 15) is 13.2 Å². The Morgan fingerprint density at radius 1 is 1.18 bits per heavy atom. The zero-order valence-corrected chi connectivity index (χ0v) is 13.9. The lowest BCUT2D eigenvalue weighted by Crippen LogP contribution is -2.32. The average molecular weight is 324 g/mol. The lowest BCUT2D eigenvalue weighted by molar-refractivity contribution is -0.116. The predicted octanol–water partition coefficient (Wildman–Crippen LogP) is 2.99. The van der Waals surface area contributed by atoms with E-state index in [1.807, 2.05) is 6.92 Å². The van der Waals surface area contributed by atoms with Crippen LogP contribution in [0.2, 0.25) is 0 Å². The summed E-state index contributed by atoms with van der Waals surface area (Å²) in [5.41, 5.74) is 0.536. The van der Waals surface area contributed by atoms with Crippen molar-refractivity contribution in [1.82, 2.24) is 4.31 Å². The van der Waals surface area contributed by atoms with Crippen molar-refractivity contribution in [3.63, 3.8) is 0 Å². The number of hydrogen-bond acceptors (Lipinski definition) is 3. The SMILES string of the molecule is CCCC(=O)Nc1cccc(S(=O)(=O)N2CCCCCC2)c1. The Balaban J connectivity index is 2.18. The van der Waals surface area contributed by atoms with Gasteiger partial charge < -0.3 is 5.32 Å². The highest BCUT2D eigenvalue weighted by atomic mass is 32.2. The number of carbonyl (C=O) groups is 1. The third kappa shape index (κ3) is 4.30. The predicted molar refractivity (Wildman–Crippen MR) is 87.2 cm³/mol. The Morgan fingerprint density at radius 2 is 1.86 bits per heavy atom. The second-order valence-electron chi connectivity index (χ2n) is 5.64. The largest absolute Gasteiger partial charge is 0.326 e. The van der Waals surface area contributed by atoms with Crippen LogP contribution in [-0.2, 0) is 14.8 Å². The van der Waals surface area contributed by atoms with Gasteiger partial charge in [0, 0.05) is 25.2 Å². The minimum absolute atomic E-state index is 0.0909. The number of hydrogen-bond donors (Lipinski definition) is 1. The summed E-state index contributed by atoms with van der Waals surface area (Å²) in [7, 11) is -3.47. The maximum absolute atomic E-state index is 12.7. The summed E-state index contributed by atoms with van der Waals surface area (Å²) in [6, 6.07) is 6.53. The third-order valence-corrected chi connectivity index (χ3v) is 5.69. The zero-order valence-electron chi connectivity index (χ0n) is 13.0. The molecule has 0 atom stereocenters. The van der Waals surface area contributed by atoms with Gasteiger partial charge in [0.1, 0.15) is 0 Å². The van der Waals surface area contributed by atoms with Crippen molar-refractivity contribution >= 4 is 21.6 Å². The van der Waals surface area contributed by atoms with Gasteiger partial charge in [-0.2, -0.15) is 4.31 Å². The first-order valence-electron chi connectivity index (χ1n) is 7.94. The lowest BCUT2D eigenvalue weighted by Gasteiger charge is -2.20. The molecular weight excluding hydrogens is 300 g/mol. The number of anilines is 1. The van der Waals surface area contributed by atoms with Crippen LogP contribution in [0.3, 0.4) is 0 Å². The van der Waals surface area contributed by atoms with Gasteiger partial charge in [-0.1, -0.05) is 25.8 Å². The van der Waals surface area contributed by atoms with E-state index in [4.69, 9.17) is 0 Å². The van der Waals surface area contributed by atoms with Gasteiger partial charge in [0.15, 0.2) is 0 Å². The van der Waals surface area contributed by atoms with Gasteiger partial charge in [0.05, 0.1) is 4.90 Å². The molecule has 0 radical (unpaired) electrons. The summed E-state index contributed by atoms with van der Waals surface area (Å²) >= 11 is 0. The summed E-state index contributed by atoms with van der Waals surface area (Å²) in [4.78, 5) is 11.9. The molecule has 1 fully saturated rings. The van der Waals surface area contributed by atoms with E-state index in [0.717, 1.165) is 32.1 Å². The summed E-state index contributed by atoms with van der Waals surface area (Å²) in [6.45, 7) is 3.09.